The van der Waals surface area contributed by atoms with Crippen molar-refractivity contribution in [3.05, 3.63) is 57.5 Å². The van der Waals surface area contributed by atoms with Gasteiger partial charge in [-0.3, -0.25) is 14.3 Å². The predicted molar refractivity (Wildman–Crippen MR) is 133 cm³/mol. The number of hydrogen-bond acceptors (Lipinski definition) is 8. The van der Waals surface area contributed by atoms with Crippen LogP contribution in [-0.4, -0.2) is 57.8 Å². The van der Waals surface area contributed by atoms with Crippen LogP contribution in [-0.2, 0) is 7.05 Å². The van der Waals surface area contributed by atoms with Crippen LogP contribution in [0.1, 0.15) is 16.7 Å². The van der Waals surface area contributed by atoms with Crippen LogP contribution in [0.25, 0.3) is 16.9 Å². The van der Waals surface area contributed by atoms with E-state index in [1.165, 1.54) is 20.5 Å². The number of hydrogen-bond donors (Lipinski definition) is 2. The van der Waals surface area contributed by atoms with Crippen LogP contribution in [0, 0.1) is 0 Å². The molecule has 1 aromatic carbocycles. The number of pyridine rings is 1. The molecule has 34 heavy (non-hydrogen) atoms. The number of carbonyl (C=O) groups excluding carboxylic acids is 1. The first-order valence-electron chi connectivity index (χ1n) is 11.1. The molecule has 0 radical (unpaired) electrons. The minimum atomic E-state index is -0.344. The number of aryl methyl sites for hydroxylation is 1. The first kappa shape index (κ1) is 22.1. The number of nitrogens with one attached hydrogen (secondary N) is 2. The molecule has 3 aromatic heterocycles. The zero-order chi connectivity index (χ0) is 23.7. The summed E-state index contributed by atoms with van der Waals surface area (Å²) in [7, 11) is 1.70. The molecule has 1 aliphatic rings. The Bertz CT molecular complexity index is 1400. The summed E-state index contributed by atoms with van der Waals surface area (Å²) in [6.07, 6.45) is 3.37. The maximum Gasteiger partial charge on any atom is 0.334 e. The number of nitrogens with zero attached hydrogens (tertiary/aromatic N) is 5. The van der Waals surface area contributed by atoms with Gasteiger partial charge in [0, 0.05) is 44.8 Å². The predicted octanol–water partition coefficient (Wildman–Crippen LogP) is 2.24. The lowest BCUT2D eigenvalue weighted by Crippen LogP contribution is -2.43. The normalized spacial score (nSPS) is 13.9. The third kappa shape index (κ3) is 3.93. The maximum absolute atomic E-state index is 13.1. The van der Waals surface area contributed by atoms with Gasteiger partial charge in [-0.25, -0.2) is 14.3 Å². The van der Waals surface area contributed by atoms with E-state index in [9.17, 15) is 9.59 Å². The van der Waals surface area contributed by atoms with Gasteiger partial charge in [-0.15, -0.1) is 11.3 Å². The topological polar surface area (TPSA) is 106 Å². The van der Waals surface area contributed by atoms with E-state index < -0.39 is 0 Å². The highest BCUT2D eigenvalue weighted by Crippen LogP contribution is 2.28. The number of rotatable bonds is 6. The highest BCUT2D eigenvalue weighted by Gasteiger charge is 2.21. The largest absolute Gasteiger partial charge is 0.492 e. The number of aromatic nitrogens is 4. The minimum Gasteiger partial charge on any atom is -0.492 e. The number of amides is 1. The number of benzene rings is 1. The molecule has 0 bridgehead atoms. The molecule has 1 aliphatic heterocycles. The van der Waals surface area contributed by atoms with E-state index in [-0.39, 0.29) is 16.6 Å². The molecule has 1 saturated heterocycles. The first-order valence-corrected chi connectivity index (χ1v) is 12.0. The third-order valence-electron chi connectivity index (χ3n) is 5.75. The van der Waals surface area contributed by atoms with Crippen LogP contribution in [0.15, 0.2) is 46.8 Å². The lowest BCUT2D eigenvalue weighted by molar-refractivity contribution is 0.102. The summed E-state index contributed by atoms with van der Waals surface area (Å²) >= 11 is 1.19. The standard InChI is InChI=1S/C23H25N7O3S/c1-3-33-18-6-4-5-17-20(18)28(2)23(32)30(17)19-14-34-22(27-19)21(31)26-15-13-25-8-7-16(15)29-11-9-24-10-12-29/h4-8,13-14,24H,3,9-12H2,1-2H3,(H,26,31). The highest BCUT2D eigenvalue weighted by molar-refractivity contribution is 7.12. The van der Waals surface area contributed by atoms with Crippen molar-refractivity contribution in [2.24, 2.45) is 7.05 Å². The number of para-hydroxylation sites is 1. The monoisotopic (exact) mass is 479 g/mol. The van der Waals surface area contributed by atoms with Gasteiger partial charge in [0.25, 0.3) is 5.91 Å². The van der Waals surface area contributed by atoms with Gasteiger partial charge in [0.1, 0.15) is 11.3 Å². The molecule has 1 amide bonds. The Labute approximate surface area is 199 Å². The molecule has 2 N–H and O–H groups in total. The van der Waals surface area contributed by atoms with Gasteiger partial charge in [0.2, 0.25) is 0 Å². The fourth-order valence-electron chi connectivity index (χ4n) is 4.18. The number of thiazole rings is 1. The zero-order valence-electron chi connectivity index (χ0n) is 18.9. The van der Waals surface area contributed by atoms with E-state index in [2.05, 4.69) is 25.5 Å². The summed E-state index contributed by atoms with van der Waals surface area (Å²) in [4.78, 5) is 37.0. The van der Waals surface area contributed by atoms with Crippen LogP contribution < -0.4 is 26.0 Å². The molecule has 11 heteroatoms. The van der Waals surface area contributed by atoms with E-state index in [4.69, 9.17) is 4.74 Å². The zero-order valence-corrected chi connectivity index (χ0v) is 19.8. The van der Waals surface area contributed by atoms with Crippen molar-refractivity contribution in [2.75, 3.05) is 43.0 Å². The van der Waals surface area contributed by atoms with Crippen molar-refractivity contribution in [2.45, 2.75) is 6.92 Å². The molecular formula is C23H25N7O3S. The Kier molecular flexibility index (Phi) is 6.03. The van der Waals surface area contributed by atoms with Gasteiger partial charge in [0.15, 0.2) is 10.8 Å². The summed E-state index contributed by atoms with van der Waals surface area (Å²) in [5.74, 6) is 0.681. The summed E-state index contributed by atoms with van der Waals surface area (Å²) in [6, 6.07) is 7.41. The Balaban J connectivity index is 1.45. The number of imidazole rings is 1. The average molecular weight is 480 g/mol. The Hall–Kier alpha value is -3.70. The van der Waals surface area contributed by atoms with Crippen molar-refractivity contribution < 1.29 is 9.53 Å². The lowest BCUT2D eigenvalue weighted by atomic mass is 10.2. The van der Waals surface area contributed by atoms with Gasteiger partial charge in [-0.2, -0.15) is 0 Å². The van der Waals surface area contributed by atoms with Crippen LogP contribution in [0.3, 0.4) is 0 Å². The van der Waals surface area contributed by atoms with Crippen molar-refractivity contribution in [3.8, 4) is 11.6 Å². The van der Waals surface area contributed by atoms with Crippen molar-refractivity contribution in [3.63, 3.8) is 0 Å². The first-order chi connectivity index (χ1) is 16.6. The molecule has 4 aromatic rings. The summed E-state index contributed by atoms with van der Waals surface area (Å²) < 4.78 is 8.74. The second-order valence-electron chi connectivity index (χ2n) is 7.83. The van der Waals surface area contributed by atoms with Crippen LogP contribution in [0.5, 0.6) is 5.75 Å². The van der Waals surface area contributed by atoms with Gasteiger partial charge < -0.3 is 20.3 Å². The number of ether oxygens (including phenoxy) is 1. The van der Waals surface area contributed by atoms with E-state index in [0.717, 1.165) is 31.9 Å². The van der Waals surface area contributed by atoms with E-state index in [1.54, 1.807) is 24.8 Å². The van der Waals surface area contributed by atoms with Crippen LogP contribution in [0.4, 0.5) is 11.4 Å². The molecule has 10 nitrogen and oxygen atoms in total. The molecule has 0 aliphatic carbocycles. The molecule has 4 heterocycles. The maximum atomic E-state index is 13.1. The molecule has 1 fully saturated rings. The average Bonchev–Trinajstić information content (AvgIpc) is 3.44. The fraction of sp³-hybridized carbons (Fsp3) is 0.304. The second kappa shape index (κ2) is 9.27. The van der Waals surface area contributed by atoms with Crippen molar-refractivity contribution >= 4 is 39.7 Å². The Morgan fingerprint density at radius 3 is 2.88 bits per heavy atom. The highest BCUT2D eigenvalue weighted by atomic mass is 32.1. The number of anilines is 2. The minimum absolute atomic E-state index is 0.257. The molecule has 0 saturated carbocycles. The van der Waals surface area contributed by atoms with Crippen molar-refractivity contribution in [1.29, 1.82) is 0 Å². The second-order valence-corrected chi connectivity index (χ2v) is 8.69. The summed E-state index contributed by atoms with van der Waals surface area (Å²) in [5, 5.41) is 8.24. The Morgan fingerprint density at radius 2 is 2.09 bits per heavy atom. The number of fused-ring (bicyclic) bond motifs is 1. The quantitative estimate of drug-likeness (QED) is 0.437. The number of piperazine rings is 1. The van der Waals surface area contributed by atoms with E-state index in [1.807, 2.05) is 31.2 Å². The molecule has 0 unspecified atom stereocenters. The molecule has 0 atom stereocenters. The van der Waals surface area contributed by atoms with Crippen LogP contribution >= 0.6 is 11.3 Å². The van der Waals surface area contributed by atoms with Gasteiger partial charge in [-0.05, 0) is 25.1 Å². The van der Waals surface area contributed by atoms with Crippen molar-refractivity contribution in [1.82, 2.24) is 24.4 Å². The Morgan fingerprint density at radius 1 is 1.26 bits per heavy atom. The summed E-state index contributed by atoms with van der Waals surface area (Å²) in [6.45, 7) is 5.86. The molecule has 5 rings (SSSR count). The van der Waals surface area contributed by atoms with Crippen LogP contribution in [0.2, 0.25) is 0 Å². The fourth-order valence-corrected chi connectivity index (χ4v) is 4.86. The van der Waals surface area contributed by atoms with E-state index >= 15 is 0 Å². The molecular weight excluding hydrogens is 454 g/mol. The smallest absolute Gasteiger partial charge is 0.334 e. The van der Waals surface area contributed by atoms with Gasteiger partial charge >= 0.3 is 5.69 Å². The van der Waals surface area contributed by atoms with Gasteiger partial charge in [0.05, 0.1) is 29.7 Å². The summed E-state index contributed by atoms with van der Waals surface area (Å²) in [5.41, 5.74) is 2.66. The molecule has 0 spiro atoms. The number of carbonyl (C=O) groups is 1. The molecule has 176 valence electrons. The SMILES string of the molecule is CCOc1cccc2c1n(C)c(=O)n2-c1csc(C(=O)Nc2cnccc2N2CCNCC2)n1. The van der Waals surface area contributed by atoms with E-state index in [0.29, 0.717) is 34.9 Å². The van der Waals surface area contributed by atoms with Gasteiger partial charge in [-0.1, -0.05) is 6.07 Å². The third-order valence-corrected chi connectivity index (χ3v) is 6.58. The lowest BCUT2D eigenvalue weighted by Gasteiger charge is -2.30.